The number of carbonyl (C=O) groups is 1. The maximum absolute atomic E-state index is 11.3. The molecule has 0 bridgehead atoms. The molecule has 29 heavy (non-hydrogen) atoms. The lowest BCUT2D eigenvalue weighted by atomic mass is 10.0. The maximum Gasteiger partial charge on any atom is 0.262 e. The van der Waals surface area contributed by atoms with Crippen molar-refractivity contribution < 1.29 is 14.3 Å². The molecule has 4 rings (SSSR count). The van der Waals surface area contributed by atoms with E-state index in [0.717, 1.165) is 21.9 Å². The highest BCUT2D eigenvalue weighted by atomic mass is 32.1. The average molecular weight is 409 g/mol. The maximum atomic E-state index is 11.3. The SMILES string of the molecule is COc1cccc(COc2cc(C)sc2C(N)=O)c1.C[C@@H]1C=Nc2ccccc21. The molecule has 1 aliphatic rings. The Morgan fingerprint density at radius 3 is 2.69 bits per heavy atom. The molecule has 0 aliphatic carbocycles. The molecular weight excluding hydrogens is 384 g/mol. The van der Waals surface area contributed by atoms with Gasteiger partial charge >= 0.3 is 0 Å². The van der Waals surface area contributed by atoms with Gasteiger partial charge in [0.2, 0.25) is 0 Å². The van der Waals surface area contributed by atoms with Gasteiger partial charge in [-0.2, -0.15) is 0 Å². The first kappa shape index (κ1) is 20.6. The van der Waals surface area contributed by atoms with Gasteiger partial charge in [-0.1, -0.05) is 37.3 Å². The third-order valence-electron chi connectivity index (χ3n) is 4.44. The van der Waals surface area contributed by atoms with Gasteiger partial charge in [0.25, 0.3) is 5.91 Å². The predicted octanol–water partition coefficient (Wildman–Crippen LogP) is 5.25. The molecule has 0 saturated heterocycles. The summed E-state index contributed by atoms with van der Waals surface area (Å²) in [6.45, 7) is 4.44. The summed E-state index contributed by atoms with van der Waals surface area (Å²) in [5.74, 6) is 1.37. The number of nitrogens with two attached hydrogens (primary N) is 1. The molecule has 2 N–H and O–H groups in total. The van der Waals surface area contributed by atoms with E-state index in [0.29, 0.717) is 23.2 Å². The van der Waals surface area contributed by atoms with Crippen LogP contribution >= 0.6 is 11.3 Å². The minimum atomic E-state index is -0.459. The van der Waals surface area contributed by atoms with Gasteiger partial charge in [0, 0.05) is 17.0 Å². The van der Waals surface area contributed by atoms with Crippen LogP contribution in [0.1, 0.15) is 38.5 Å². The number of hydrogen-bond acceptors (Lipinski definition) is 5. The van der Waals surface area contributed by atoms with E-state index < -0.39 is 5.91 Å². The topological polar surface area (TPSA) is 73.9 Å². The van der Waals surface area contributed by atoms with Gasteiger partial charge in [-0.15, -0.1) is 11.3 Å². The zero-order valence-electron chi connectivity index (χ0n) is 16.7. The molecule has 1 aromatic heterocycles. The van der Waals surface area contributed by atoms with Crippen molar-refractivity contribution >= 4 is 29.1 Å². The van der Waals surface area contributed by atoms with Crippen molar-refractivity contribution in [3.8, 4) is 11.5 Å². The van der Waals surface area contributed by atoms with Crippen LogP contribution in [0.5, 0.6) is 11.5 Å². The summed E-state index contributed by atoms with van der Waals surface area (Å²) >= 11 is 1.34. The number of benzene rings is 2. The Morgan fingerprint density at radius 2 is 1.97 bits per heavy atom. The van der Waals surface area contributed by atoms with Crippen LogP contribution in [-0.4, -0.2) is 19.2 Å². The third kappa shape index (κ3) is 5.23. The van der Waals surface area contributed by atoms with Crippen LogP contribution < -0.4 is 15.2 Å². The van der Waals surface area contributed by atoms with Gasteiger partial charge in [0.1, 0.15) is 23.0 Å². The lowest BCUT2D eigenvalue weighted by molar-refractivity contribution is 0.1000. The van der Waals surface area contributed by atoms with Crippen molar-refractivity contribution in [3.63, 3.8) is 0 Å². The molecular formula is C23H24N2O3S. The Hall–Kier alpha value is -3.12. The molecule has 1 atom stereocenters. The van der Waals surface area contributed by atoms with Crippen LogP contribution in [-0.2, 0) is 6.61 Å². The molecule has 2 heterocycles. The molecule has 0 fully saturated rings. The average Bonchev–Trinajstić information content (AvgIpc) is 3.30. The van der Waals surface area contributed by atoms with Crippen molar-refractivity contribution in [1.82, 2.24) is 0 Å². The van der Waals surface area contributed by atoms with Crippen molar-refractivity contribution in [1.29, 1.82) is 0 Å². The van der Waals surface area contributed by atoms with E-state index in [9.17, 15) is 4.79 Å². The van der Waals surface area contributed by atoms with Gasteiger partial charge in [0.05, 0.1) is 12.8 Å². The minimum Gasteiger partial charge on any atom is -0.497 e. The lowest BCUT2D eigenvalue weighted by Gasteiger charge is -2.07. The molecule has 0 saturated carbocycles. The molecule has 1 amide bonds. The Bertz CT molecular complexity index is 1030. The molecule has 0 spiro atoms. The van der Waals surface area contributed by atoms with Gasteiger partial charge in [-0.25, -0.2) is 0 Å². The first-order valence-corrected chi connectivity index (χ1v) is 10.1. The highest BCUT2D eigenvalue weighted by Gasteiger charge is 2.14. The van der Waals surface area contributed by atoms with Crippen LogP contribution in [0.3, 0.4) is 0 Å². The molecule has 6 heteroatoms. The second kappa shape index (κ2) is 9.39. The number of primary amides is 1. The van der Waals surface area contributed by atoms with Crippen LogP contribution in [0.2, 0.25) is 0 Å². The Labute approximate surface area is 174 Å². The number of methoxy groups -OCH3 is 1. The fourth-order valence-electron chi connectivity index (χ4n) is 2.96. The van der Waals surface area contributed by atoms with E-state index in [1.165, 1.54) is 16.9 Å². The predicted molar refractivity (Wildman–Crippen MR) is 118 cm³/mol. The van der Waals surface area contributed by atoms with Crippen LogP contribution in [0, 0.1) is 6.92 Å². The van der Waals surface area contributed by atoms with Crippen molar-refractivity contribution in [2.24, 2.45) is 10.7 Å². The second-order valence-corrected chi connectivity index (χ2v) is 7.94. The lowest BCUT2D eigenvalue weighted by Crippen LogP contribution is -2.10. The number of fused-ring (bicyclic) bond motifs is 1. The highest BCUT2D eigenvalue weighted by molar-refractivity contribution is 7.14. The van der Waals surface area contributed by atoms with Crippen molar-refractivity contribution in [2.45, 2.75) is 26.4 Å². The first-order chi connectivity index (χ1) is 14.0. The van der Waals surface area contributed by atoms with Crippen LogP contribution in [0.4, 0.5) is 5.69 Å². The number of hydrogen-bond donors (Lipinski definition) is 1. The smallest absolute Gasteiger partial charge is 0.262 e. The number of rotatable bonds is 5. The summed E-state index contributed by atoms with van der Waals surface area (Å²) in [5, 5.41) is 0. The summed E-state index contributed by atoms with van der Waals surface area (Å²) in [5.41, 5.74) is 8.77. The Kier molecular flexibility index (Phi) is 6.67. The monoisotopic (exact) mass is 408 g/mol. The first-order valence-electron chi connectivity index (χ1n) is 9.27. The van der Waals surface area contributed by atoms with Crippen LogP contribution in [0.25, 0.3) is 0 Å². The summed E-state index contributed by atoms with van der Waals surface area (Å²) in [6.07, 6.45) is 1.99. The zero-order valence-corrected chi connectivity index (χ0v) is 17.5. The summed E-state index contributed by atoms with van der Waals surface area (Å²) in [4.78, 5) is 17.0. The number of carbonyl (C=O) groups excluding carboxylic acids is 1. The molecule has 3 aromatic rings. The summed E-state index contributed by atoms with van der Waals surface area (Å²) in [6, 6.07) is 17.7. The number of para-hydroxylation sites is 1. The highest BCUT2D eigenvalue weighted by Crippen LogP contribution is 2.31. The Morgan fingerprint density at radius 1 is 1.17 bits per heavy atom. The van der Waals surface area contributed by atoms with E-state index in [-0.39, 0.29) is 0 Å². The van der Waals surface area contributed by atoms with E-state index in [2.05, 4.69) is 30.1 Å². The van der Waals surface area contributed by atoms with E-state index in [1.54, 1.807) is 7.11 Å². The number of aryl methyl sites for hydroxylation is 1. The van der Waals surface area contributed by atoms with Gasteiger partial charge in [0.15, 0.2) is 0 Å². The largest absolute Gasteiger partial charge is 0.497 e. The van der Waals surface area contributed by atoms with Gasteiger partial charge < -0.3 is 15.2 Å². The van der Waals surface area contributed by atoms with Gasteiger partial charge in [-0.05, 0) is 42.3 Å². The van der Waals surface area contributed by atoms with Crippen LogP contribution in [0.15, 0.2) is 59.6 Å². The molecule has 2 aromatic carbocycles. The summed E-state index contributed by atoms with van der Waals surface area (Å²) < 4.78 is 10.8. The number of aliphatic imine (C=N–C) groups is 1. The zero-order chi connectivity index (χ0) is 20.8. The number of thiophene rings is 1. The standard InChI is InChI=1S/C14H15NO3S.C9H9N/c1-9-6-12(13(19-9)14(15)16)18-8-10-4-3-5-11(7-10)17-2;1-7-6-10-9-5-3-2-4-8(7)9/h3-7H,8H2,1-2H3,(H2,15,16);2-7H,1H3/t;7-/m.1/s1. The minimum absolute atomic E-state index is 0.369. The van der Waals surface area contributed by atoms with E-state index in [4.69, 9.17) is 15.2 Å². The number of amides is 1. The van der Waals surface area contributed by atoms with Crippen molar-refractivity contribution in [3.05, 3.63) is 75.5 Å². The Balaban J connectivity index is 0.000000200. The fraction of sp³-hybridized carbons (Fsp3) is 0.217. The van der Waals surface area contributed by atoms with Gasteiger partial charge in [-0.3, -0.25) is 9.79 Å². The summed E-state index contributed by atoms with van der Waals surface area (Å²) in [7, 11) is 1.62. The number of ether oxygens (including phenoxy) is 2. The normalized spacial score (nSPS) is 14.0. The molecule has 5 nitrogen and oxygen atoms in total. The number of nitrogens with zero attached hydrogens (tertiary/aromatic N) is 1. The third-order valence-corrected chi connectivity index (χ3v) is 5.48. The molecule has 150 valence electrons. The molecule has 0 radical (unpaired) electrons. The quantitative estimate of drug-likeness (QED) is 0.627. The fourth-order valence-corrected chi connectivity index (χ4v) is 3.76. The second-order valence-electron chi connectivity index (χ2n) is 6.68. The van der Waals surface area contributed by atoms with E-state index in [1.807, 2.05) is 49.5 Å². The molecule has 1 aliphatic heterocycles. The van der Waals surface area contributed by atoms with Crippen molar-refractivity contribution in [2.75, 3.05) is 7.11 Å². The van der Waals surface area contributed by atoms with E-state index >= 15 is 0 Å². The molecule has 0 unspecified atom stereocenters.